The lowest BCUT2D eigenvalue weighted by Gasteiger charge is -2.16. The zero-order valence-electron chi connectivity index (χ0n) is 10.5. The minimum Gasteiger partial charge on any atom is -0.509 e. The van der Waals surface area contributed by atoms with Gasteiger partial charge in [-0.2, -0.15) is 0 Å². The van der Waals surface area contributed by atoms with Gasteiger partial charge in [-0.25, -0.2) is 0 Å². The van der Waals surface area contributed by atoms with E-state index < -0.39 is 0 Å². The van der Waals surface area contributed by atoms with Crippen molar-refractivity contribution in [1.29, 1.82) is 10.8 Å². The van der Waals surface area contributed by atoms with Gasteiger partial charge in [-0.3, -0.25) is 0 Å². The molecule has 5 heteroatoms. The monoisotopic (exact) mass is 259 g/mol. The molecule has 19 heavy (non-hydrogen) atoms. The average Bonchev–Trinajstić information content (AvgIpc) is 2.92. The van der Waals surface area contributed by atoms with Gasteiger partial charge >= 0.3 is 0 Å². The molecule has 0 aromatic rings. The van der Waals surface area contributed by atoms with Crippen LogP contribution in [0.25, 0.3) is 0 Å². The van der Waals surface area contributed by atoms with Gasteiger partial charge in [0.15, 0.2) is 0 Å². The number of aliphatic hydroxyl groups excluding tert-OH is 1. The van der Waals surface area contributed by atoms with Gasteiger partial charge in [0.2, 0.25) is 0 Å². The molecule has 100 valence electrons. The molecule has 1 unspecified atom stereocenters. The summed E-state index contributed by atoms with van der Waals surface area (Å²) in [6.45, 7) is 0.632. The second-order valence-corrected chi connectivity index (χ2v) is 4.42. The first kappa shape index (κ1) is 13.3. The van der Waals surface area contributed by atoms with Gasteiger partial charge in [-0.1, -0.05) is 6.08 Å². The summed E-state index contributed by atoms with van der Waals surface area (Å²) in [6, 6.07) is 0. The molecule has 0 saturated carbocycles. The summed E-state index contributed by atoms with van der Waals surface area (Å²) in [5, 5.41) is 25.8. The first-order valence-corrected chi connectivity index (χ1v) is 6.14. The van der Waals surface area contributed by atoms with E-state index in [1.54, 1.807) is 18.2 Å². The van der Waals surface area contributed by atoms with Crippen LogP contribution < -0.4 is 5.73 Å². The topological polar surface area (TPSA) is 103 Å². The quantitative estimate of drug-likeness (QED) is 0.460. The minimum absolute atomic E-state index is 0.0777. The highest BCUT2D eigenvalue weighted by Crippen LogP contribution is 2.25. The average molecular weight is 259 g/mol. The molecule has 1 fully saturated rings. The van der Waals surface area contributed by atoms with Gasteiger partial charge in [0.25, 0.3) is 0 Å². The Balaban J connectivity index is 2.33. The van der Waals surface area contributed by atoms with Crippen LogP contribution in [0.2, 0.25) is 0 Å². The molecule has 1 aliphatic heterocycles. The Morgan fingerprint density at radius 2 is 2.26 bits per heavy atom. The molecule has 1 saturated heterocycles. The molecular formula is C14H17N3O2. The number of aliphatic hydroxyl groups is 1. The molecule has 0 radical (unpaired) electrons. The predicted octanol–water partition coefficient (Wildman–Crippen LogP) is 1.99. The maximum Gasteiger partial charge on any atom is 0.130 e. The summed E-state index contributed by atoms with van der Waals surface area (Å²) in [7, 11) is 0. The third-order valence-electron chi connectivity index (χ3n) is 3.10. The van der Waals surface area contributed by atoms with E-state index in [4.69, 9.17) is 21.3 Å². The molecule has 0 amide bonds. The van der Waals surface area contributed by atoms with Crippen LogP contribution in [0.1, 0.15) is 12.8 Å². The lowest BCUT2D eigenvalue weighted by Crippen LogP contribution is -2.16. The number of allylic oxidation sites excluding steroid dienone is 6. The van der Waals surface area contributed by atoms with Crippen LogP contribution in [0, 0.1) is 10.8 Å². The first-order chi connectivity index (χ1) is 9.13. The van der Waals surface area contributed by atoms with Gasteiger partial charge in [0, 0.05) is 17.8 Å². The van der Waals surface area contributed by atoms with E-state index in [-0.39, 0.29) is 23.3 Å². The number of nitrogens with one attached hydrogen (secondary N) is 2. The molecule has 1 atom stereocenters. The second kappa shape index (κ2) is 5.67. The first-order valence-electron chi connectivity index (χ1n) is 6.14. The fourth-order valence-corrected chi connectivity index (χ4v) is 2.08. The predicted molar refractivity (Wildman–Crippen MR) is 74.6 cm³/mol. The Morgan fingerprint density at radius 3 is 2.89 bits per heavy atom. The standard InChI is InChI=1S/C14H17N3O2/c15-6-5-11(16)9-3-4-12(17)10(8-9)14(18)13-2-1-7-19-13/h3-6,8,13,16-18H,1-2,7,15H2/b6-5-,14-10-,16-11?,17-12?. The van der Waals surface area contributed by atoms with E-state index in [0.29, 0.717) is 17.8 Å². The van der Waals surface area contributed by atoms with Crippen molar-refractivity contribution in [3.63, 3.8) is 0 Å². The molecule has 1 heterocycles. The number of nitrogens with two attached hydrogens (primary N) is 1. The van der Waals surface area contributed by atoms with Crippen molar-refractivity contribution in [1.82, 2.24) is 0 Å². The van der Waals surface area contributed by atoms with Crippen molar-refractivity contribution in [3.05, 3.63) is 47.4 Å². The highest BCUT2D eigenvalue weighted by Gasteiger charge is 2.24. The van der Waals surface area contributed by atoms with Crippen LogP contribution in [0.15, 0.2) is 47.4 Å². The summed E-state index contributed by atoms with van der Waals surface area (Å²) in [5.41, 5.74) is 6.75. The second-order valence-electron chi connectivity index (χ2n) is 4.42. The molecule has 1 aliphatic carbocycles. The normalized spacial score (nSPS) is 25.8. The molecule has 0 aromatic carbocycles. The number of hydrogen-bond acceptors (Lipinski definition) is 5. The zero-order valence-corrected chi connectivity index (χ0v) is 10.5. The Morgan fingerprint density at radius 1 is 1.47 bits per heavy atom. The van der Waals surface area contributed by atoms with Crippen LogP contribution in [0.5, 0.6) is 0 Å². The lowest BCUT2D eigenvalue weighted by molar-refractivity contribution is 0.101. The summed E-state index contributed by atoms with van der Waals surface area (Å²) in [6.07, 6.45) is 8.95. The van der Waals surface area contributed by atoms with Gasteiger partial charge in [-0.05, 0) is 37.3 Å². The molecule has 0 spiro atoms. The SMILES string of the molecule is N=C(/C=C\N)C1=C/C(=C(/O)C2CCCO2)C(=N)C=C1. The number of rotatable bonds is 3. The van der Waals surface area contributed by atoms with Crippen molar-refractivity contribution < 1.29 is 9.84 Å². The molecule has 0 bridgehead atoms. The number of ether oxygens (including phenoxy) is 1. The van der Waals surface area contributed by atoms with Crippen molar-refractivity contribution in [2.24, 2.45) is 5.73 Å². The lowest BCUT2D eigenvalue weighted by atomic mass is 9.94. The molecule has 0 aromatic heterocycles. The van der Waals surface area contributed by atoms with Crippen LogP contribution >= 0.6 is 0 Å². The fourth-order valence-electron chi connectivity index (χ4n) is 2.08. The van der Waals surface area contributed by atoms with Gasteiger partial charge in [-0.15, -0.1) is 0 Å². The maximum absolute atomic E-state index is 10.2. The largest absolute Gasteiger partial charge is 0.509 e. The number of hydrogen-bond donors (Lipinski definition) is 4. The Bertz CT molecular complexity index is 521. The van der Waals surface area contributed by atoms with Gasteiger partial charge in [0.05, 0.1) is 11.4 Å². The summed E-state index contributed by atoms with van der Waals surface area (Å²) < 4.78 is 5.41. The van der Waals surface area contributed by atoms with Crippen molar-refractivity contribution in [2.45, 2.75) is 18.9 Å². The molecule has 5 nitrogen and oxygen atoms in total. The van der Waals surface area contributed by atoms with E-state index in [1.165, 1.54) is 12.3 Å². The van der Waals surface area contributed by atoms with Crippen LogP contribution in [0.3, 0.4) is 0 Å². The van der Waals surface area contributed by atoms with Crippen LogP contribution in [0.4, 0.5) is 0 Å². The van der Waals surface area contributed by atoms with E-state index in [0.717, 1.165) is 12.8 Å². The minimum atomic E-state index is -0.335. The Hall–Kier alpha value is -2.14. The Labute approximate surface area is 111 Å². The van der Waals surface area contributed by atoms with E-state index in [2.05, 4.69) is 0 Å². The zero-order chi connectivity index (χ0) is 13.8. The highest BCUT2D eigenvalue weighted by molar-refractivity contribution is 6.16. The van der Waals surface area contributed by atoms with Gasteiger partial charge < -0.3 is 26.4 Å². The smallest absolute Gasteiger partial charge is 0.130 e. The third-order valence-corrected chi connectivity index (χ3v) is 3.10. The van der Waals surface area contributed by atoms with Crippen LogP contribution in [-0.2, 0) is 4.74 Å². The van der Waals surface area contributed by atoms with Crippen molar-refractivity contribution >= 4 is 11.4 Å². The Kier molecular flexibility index (Phi) is 3.97. The summed E-state index contributed by atoms with van der Waals surface area (Å²) in [4.78, 5) is 0. The summed E-state index contributed by atoms with van der Waals surface area (Å²) in [5.74, 6) is 0.0777. The highest BCUT2D eigenvalue weighted by atomic mass is 16.5. The van der Waals surface area contributed by atoms with E-state index in [1.807, 2.05) is 0 Å². The molecule has 2 rings (SSSR count). The van der Waals surface area contributed by atoms with E-state index >= 15 is 0 Å². The molecular weight excluding hydrogens is 242 g/mol. The summed E-state index contributed by atoms with van der Waals surface area (Å²) >= 11 is 0. The molecule has 5 N–H and O–H groups in total. The maximum atomic E-state index is 10.2. The van der Waals surface area contributed by atoms with Crippen molar-refractivity contribution in [2.75, 3.05) is 6.61 Å². The fraction of sp³-hybridized carbons (Fsp3) is 0.286. The van der Waals surface area contributed by atoms with Crippen molar-refractivity contribution in [3.8, 4) is 0 Å². The third kappa shape index (κ3) is 2.82. The van der Waals surface area contributed by atoms with Gasteiger partial charge in [0.1, 0.15) is 11.9 Å². The van der Waals surface area contributed by atoms with E-state index in [9.17, 15) is 5.11 Å². The molecule has 2 aliphatic rings. The van der Waals surface area contributed by atoms with Crippen LogP contribution in [-0.4, -0.2) is 29.2 Å².